The maximum absolute atomic E-state index is 12.1. The number of hydrogen-bond donors (Lipinski definition) is 3. The van der Waals surface area contributed by atoms with Crippen LogP contribution in [-0.4, -0.2) is 41.2 Å². The highest BCUT2D eigenvalue weighted by atomic mass is 16.5. The molecule has 0 bridgehead atoms. The van der Waals surface area contributed by atoms with Gasteiger partial charge in [-0.3, -0.25) is 19.1 Å². The molecule has 0 aliphatic rings. The number of carbonyl (C=O) groups is 3. The van der Waals surface area contributed by atoms with Crippen LogP contribution < -0.4 is 20.7 Å². The second-order valence-electron chi connectivity index (χ2n) is 5.22. The van der Waals surface area contributed by atoms with Crippen molar-refractivity contribution in [3.05, 3.63) is 36.0 Å². The Morgan fingerprint density at radius 2 is 1.88 bits per heavy atom. The molecule has 0 unspecified atom stereocenters. The van der Waals surface area contributed by atoms with Gasteiger partial charge in [0.05, 0.1) is 13.7 Å². The van der Waals surface area contributed by atoms with E-state index in [1.54, 1.807) is 31.3 Å². The number of hydrogen-bond acceptors (Lipinski definition) is 5. The monoisotopic (exact) mass is 345 g/mol. The number of nitrogens with zero attached hydrogens (tertiary/aromatic N) is 2. The smallest absolute Gasteiger partial charge is 0.258 e. The molecule has 0 fully saturated rings. The van der Waals surface area contributed by atoms with Crippen molar-refractivity contribution in [1.82, 2.24) is 15.1 Å². The average molecular weight is 345 g/mol. The van der Waals surface area contributed by atoms with Crippen LogP contribution in [0.15, 0.2) is 30.5 Å². The predicted octanol–water partition coefficient (Wildman–Crippen LogP) is 0.756. The lowest BCUT2D eigenvalue weighted by Gasteiger charge is -2.08. The van der Waals surface area contributed by atoms with Crippen LogP contribution in [0.5, 0.6) is 5.88 Å². The van der Waals surface area contributed by atoms with E-state index in [4.69, 9.17) is 4.74 Å². The molecule has 132 valence electrons. The molecule has 1 heterocycles. The summed E-state index contributed by atoms with van der Waals surface area (Å²) < 4.78 is 6.45. The van der Waals surface area contributed by atoms with Gasteiger partial charge in [-0.15, -0.1) is 5.10 Å². The normalized spacial score (nSPS) is 10.0. The summed E-state index contributed by atoms with van der Waals surface area (Å²) in [4.78, 5) is 35.1. The van der Waals surface area contributed by atoms with Gasteiger partial charge >= 0.3 is 0 Å². The maximum Gasteiger partial charge on any atom is 0.258 e. The van der Waals surface area contributed by atoms with Crippen molar-refractivity contribution in [2.75, 3.05) is 24.3 Å². The Hall–Kier alpha value is -3.36. The summed E-state index contributed by atoms with van der Waals surface area (Å²) in [7, 11) is 3.07. The SMILES string of the molecule is COc1nn(C)cc1C(=O)NCC(=O)Nc1cccc(NC(C)=O)c1. The van der Waals surface area contributed by atoms with Crippen LogP contribution in [0.4, 0.5) is 11.4 Å². The fourth-order valence-electron chi connectivity index (χ4n) is 2.11. The number of ether oxygens (including phenoxy) is 1. The van der Waals surface area contributed by atoms with E-state index < -0.39 is 11.8 Å². The Kier molecular flexibility index (Phi) is 5.72. The second-order valence-corrected chi connectivity index (χ2v) is 5.22. The largest absolute Gasteiger partial charge is 0.479 e. The summed E-state index contributed by atoms with van der Waals surface area (Å²) in [6.45, 7) is 1.18. The molecule has 0 atom stereocenters. The number of nitrogens with one attached hydrogen (secondary N) is 3. The second kappa shape index (κ2) is 7.95. The quantitative estimate of drug-likeness (QED) is 0.715. The van der Waals surface area contributed by atoms with Crippen LogP contribution in [0.25, 0.3) is 0 Å². The standard InChI is InChI=1S/C16H19N5O4/c1-10(22)18-11-5-4-6-12(7-11)19-14(23)8-17-15(24)13-9-21(2)20-16(13)25-3/h4-7,9H,8H2,1-3H3,(H,17,24)(H,18,22)(H,19,23). The first kappa shape index (κ1) is 18.0. The molecule has 0 aliphatic heterocycles. The van der Waals surface area contributed by atoms with Gasteiger partial charge in [0.1, 0.15) is 5.56 Å². The lowest BCUT2D eigenvalue weighted by molar-refractivity contribution is -0.115. The van der Waals surface area contributed by atoms with Crippen molar-refractivity contribution in [2.24, 2.45) is 7.05 Å². The molecule has 3 N–H and O–H groups in total. The number of benzene rings is 1. The van der Waals surface area contributed by atoms with Gasteiger partial charge in [0, 0.05) is 31.5 Å². The van der Waals surface area contributed by atoms with Gasteiger partial charge in [0.2, 0.25) is 17.7 Å². The molecule has 2 rings (SSSR count). The molecule has 3 amide bonds. The molecule has 0 saturated carbocycles. The Balaban J connectivity index is 1.92. The predicted molar refractivity (Wildman–Crippen MR) is 91.5 cm³/mol. The lowest BCUT2D eigenvalue weighted by atomic mass is 10.2. The van der Waals surface area contributed by atoms with E-state index in [2.05, 4.69) is 21.0 Å². The highest BCUT2D eigenvalue weighted by Crippen LogP contribution is 2.15. The Morgan fingerprint density at radius 1 is 1.20 bits per heavy atom. The molecule has 9 nitrogen and oxygen atoms in total. The molecule has 0 saturated heterocycles. The lowest BCUT2D eigenvalue weighted by Crippen LogP contribution is -2.32. The first-order valence-corrected chi connectivity index (χ1v) is 7.42. The van der Waals surface area contributed by atoms with Gasteiger partial charge in [0.15, 0.2) is 0 Å². The summed E-state index contributed by atoms with van der Waals surface area (Å²) in [5, 5.41) is 11.7. The van der Waals surface area contributed by atoms with Crippen molar-refractivity contribution in [1.29, 1.82) is 0 Å². The summed E-state index contributed by atoms with van der Waals surface area (Å²) in [6.07, 6.45) is 1.50. The fraction of sp³-hybridized carbons (Fsp3) is 0.250. The summed E-state index contributed by atoms with van der Waals surface area (Å²) >= 11 is 0. The molecule has 2 aromatic rings. The number of rotatable bonds is 6. The van der Waals surface area contributed by atoms with Gasteiger partial charge in [0.25, 0.3) is 5.91 Å². The van der Waals surface area contributed by atoms with Gasteiger partial charge < -0.3 is 20.7 Å². The zero-order chi connectivity index (χ0) is 18.4. The van der Waals surface area contributed by atoms with Gasteiger partial charge in [-0.1, -0.05) is 6.07 Å². The topological polar surface area (TPSA) is 114 Å². The number of aryl methyl sites for hydroxylation is 1. The number of anilines is 2. The Morgan fingerprint density at radius 3 is 2.52 bits per heavy atom. The third-order valence-corrected chi connectivity index (χ3v) is 3.11. The average Bonchev–Trinajstić information content (AvgIpc) is 2.93. The summed E-state index contributed by atoms with van der Waals surface area (Å²) in [5.41, 5.74) is 1.31. The van der Waals surface area contributed by atoms with Crippen LogP contribution in [0.2, 0.25) is 0 Å². The minimum atomic E-state index is -0.466. The van der Waals surface area contributed by atoms with E-state index in [0.29, 0.717) is 11.4 Å². The third-order valence-electron chi connectivity index (χ3n) is 3.11. The van der Waals surface area contributed by atoms with Crippen LogP contribution >= 0.6 is 0 Å². The highest BCUT2D eigenvalue weighted by molar-refractivity contribution is 6.00. The molecule has 1 aromatic heterocycles. The molecular formula is C16H19N5O4. The highest BCUT2D eigenvalue weighted by Gasteiger charge is 2.17. The van der Waals surface area contributed by atoms with E-state index in [0.717, 1.165) is 0 Å². The molecular weight excluding hydrogens is 326 g/mol. The van der Waals surface area contributed by atoms with Crippen molar-refractivity contribution < 1.29 is 19.1 Å². The van der Waals surface area contributed by atoms with Crippen molar-refractivity contribution in [3.8, 4) is 5.88 Å². The van der Waals surface area contributed by atoms with Crippen LogP contribution in [0.1, 0.15) is 17.3 Å². The Bertz CT molecular complexity index is 800. The summed E-state index contributed by atoms with van der Waals surface area (Å²) in [5.74, 6) is -0.896. The van der Waals surface area contributed by atoms with Gasteiger partial charge in [-0.2, -0.15) is 0 Å². The maximum atomic E-state index is 12.1. The molecule has 0 spiro atoms. The number of carbonyl (C=O) groups excluding carboxylic acids is 3. The van der Waals surface area contributed by atoms with Gasteiger partial charge in [-0.05, 0) is 18.2 Å². The first-order valence-electron chi connectivity index (χ1n) is 7.42. The third kappa shape index (κ3) is 5.06. The molecule has 25 heavy (non-hydrogen) atoms. The van der Waals surface area contributed by atoms with E-state index in [9.17, 15) is 14.4 Å². The number of amides is 3. The van der Waals surface area contributed by atoms with E-state index in [1.165, 1.54) is 24.9 Å². The van der Waals surface area contributed by atoms with E-state index in [1.807, 2.05) is 0 Å². The zero-order valence-electron chi connectivity index (χ0n) is 14.1. The molecule has 0 aliphatic carbocycles. The number of aromatic nitrogens is 2. The zero-order valence-corrected chi connectivity index (χ0v) is 14.1. The summed E-state index contributed by atoms with van der Waals surface area (Å²) in [6, 6.07) is 6.69. The number of methoxy groups -OCH3 is 1. The minimum absolute atomic E-state index is 0.184. The van der Waals surface area contributed by atoms with Crippen LogP contribution in [0, 0.1) is 0 Å². The fourth-order valence-corrected chi connectivity index (χ4v) is 2.11. The van der Waals surface area contributed by atoms with Crippen molar-refractivity contribution >= 4 is 29.1 Å². The molecule has 0 radical (unpaired) electrons. The van der Waals surface area contributed by atoms with Crippen molar-refractivity contribution in [2.45, 2.75) is 6.92 Å². The first-order chi connectivity index (χ1) is 11.9. The molecule has 9 heteroatoms. The Labute approximate surface area is 144 Å². The van der Waals surface area contributed by atoms with E-state index in [-0.39, 0.29) is 23.9 Å². The molecule has 1 aromatic carbocycles. The van der Waals surface area contributed by atoms with Crippen molar-refractivity contribution in [3.63, 3.8) is 0 Å². The minimum Gasteiger partial charge on any atom is -0.479 e. The van der Waals surface area contributed by atoms with E-state index >= 15 is 0 Å². The van der Waals surface area contributed by atoms with Gasteiger partial charge in [-0.25, -0.2) is 0 Å². The van der Waals surface area contributed by atoms with Crippen LogP contribution in [-0.2, 0) is 16.6 Å². The van der Waals surface area contributed by atoms with Crippen LogP contribution in [0.3, 0.4) is 0 Å².